The first-order chi connectivity index (χ1) is 12.3. The smallest absolute Gasteiger partial charge is 0.295 e. The monoisotopic (exact) mass is 406 g/mol. The van der Waals surface area contributed by atoms with Crippen LogP contribution in [0.2, 0.25) is 0 Å². The highest BCUT2D eigenvalue weighted by atomic mass is 19.4. The van der Waals surface area contributed by atoms with Crippen molar-refractivity contribution < 1.29 is 43.9 Å². The Morgan fingerprint density at radius 3 is 1.19 bits per heavy atom. The van der Waals surface area contributed by atoms with Crippen molar-refractivity contribution in [1.82, 2.24) is 0 Å². The van der Waals surface area contributed by atoms with Crippen LogP contribution >= 0.6 is 0 Å². The van der Waals surface area contributed by atoms with Crippen LogP contribution in [0.25, 0.3) is 0 Å². The van der Waals surface area contributed by atoms with Crippen molar-refractivity contribution in [3.05, 3.63) is 58.7 Å². The fourth-order valence-electron chi connectivity index (χ4n) is 2.16. The number of hydrogen-bond donors (Lipinski definition) is 2. The fourth-order valence-corrected chi connectivity index (χ4v) is 2.16. The molecule has 2 nitrogen and oxygen atoms in total. The fraction of sp³-hybridized carbons (Fsp3) is 0.200. The normalized spacial score (nSPS) is 12.2. The van der Waals surface area contributed by atoms with Crippen LogP contribution in [-0.4, -0.2) is 12.6 Å². The summed E-state index contributed by atoms with van der Waals surface area (Å²) >= 11 is 0. The third kappa shape index (κ3) is 5.17. The van der Waals surface area contributed by atoms with Crippen molar-refractivity contribution in [2.75, 3.05) is 10.6 Å². The molecule has 12 heteroatoms. The van der Waals surface area contributed by atoms with Crippen molar-refractivity contribution in [2.45, 2.75) is 19.0 Å². The first kappa shape index (κ1) is 20.6. The van der Waals surface area contributed by atoms with E-state index >= 15 is 0 Å². The molecule has 0 aromatic heterocycles. The van der Waals surface area contributed by atoms with Crippen LogP contribution in [0.15, 0.2) is 24.3 Å². The molecule has 0 amide bonds. The molecule has 0 aliphatic heterocycles. The molecule has 2 aromatic carbocycles. The summed E-state index contributed by atoms with van der Waals surface area (Å²) in [5, 5.41) is 1.53. The molecule has 0 saturated heterocycles. The van der Waals surface area contributed by atoms with Crippen LogP contribution in [0.3, 0.4) is 0 Å². The van der Waals surface area contributed by atoms with Gasteiger partial charge in [0, 0.05) is 6.42 Å². The molecule has 0 saturated carbocycles. The van der Waals surface area contributed by atoms with Crippen LogP contribution in [-0.2, 0) is 6.42 Å². The van der Waals surface area contributed by atoms with Gasteiger partial charge in [0.2, 0.25) is 0 Å². The predicted molar refractivity (Wildman–Crippen MR) is 74.9 cm³/mol. The molecule has 148 valence electrons. The Labute approximate surface area is 144 Å². The third-order valence-electron chi connectivity index (χ3n) is 3.26. The second-order valence-corrected chi connectivity index (χ2v) is 5.22. The number of halogens is 10. The molecule has 0 unspecified atom stereocenters. The van der Waals surface area contributed by atoms with Gasteiger partial charge in [-0.05, 0) is 23.3 Å². The molecule has 0 fully saturated rings. The van der Waals surface area contributed by atoms with Crippen LogP contribution < -0.4 is 10.6 Å². The average molecular weight is 406 g/mol. The molecule has 0 aliphatic rings. The van der Waals surface area contributed by atoms with E-state index in [1.165, 1.54) is 0 Å². The van der Waals surface area contributed by atoms with Gasteiger partial charge in [0.15, 0.2) is 23.3 Å². The molecule has 0 spiro atoms. The lowest BCUT2D eigenvalue weighted by molar-refractivity contribution is -0.101. The maximum absolute atomic E-state index is 13.9. The summed E-state index contributed by atoms with van der Waals surface area (Å²) in [6.07, 6.45) is -10.9. The minimum absolute atomic E-state index is 0.537. The van der Waals surface area contributed by atoms with Gasteiger partial charge in [0.1, 0.15) is 0 Å². The molecule has 0 aliphatic carbocycles. The van der Waals surface area contributed by atoms with E-state index in [1.807, 2.05) is 0 Å². The van der Waals surface area contributed by atoms with Gasteiger partial charge in [0.05, 0.1) is 11.4 Å². The van der Waals surface area contributed by atoms with Crippen molar-refractivity contribution in [2.24, 2.45) is 0 Å². The Hall–Kier alpha value is -2.66. The minimum Gasteiger partial charge on any atom is -0.295 e. The van der Waals surface area contributed by atoms with E-state index in [-0.39, 0.29) is 0 Å². The molecular formula is C15H8F10N2. The Morgan fingerprint density at radius 2 is 0.889 bits per heavy atom. The Balaban J connectivity index is 2.32. The molecular weight excluding hydrogens is 398 g/mol. The lowest BCUT2D eigenvalue weighted by Crippen LogP contribution is -2.22. The summed E-state index contributed by atoms with van der Waals surface area (Å²) in [6.45, 7) is 0. The van der Waals surface area contributed by atoms with Crippen LogP contribution in [0.4, 0.5) is 55.3 Å². The van der Waals surface area contributed by atoms with E-state index in [0.717, 1.165) is 10.6 Å². The highest BCUT2D eigenvalue weighted by Crippen LogP contribution is 2.30. The van der Waals surface area contributed by atoms with Gasteiger partial charge in [-0.2, -0.15) is 26.3 Å². The summed E-state index contributed by atoms with van der Waals surface area (Å²) in [5.74, 6) is -7.30. The Kier molecular flexibility index (Phi) is 5.47. The average Bonchev–Trinajstić information content (AvgIpc) is 2.51. The van der Waals surface area contributed by atoms with Gasteiger partial charge >= 0.3 is 12.6 Å². The molecule has 0 bridgehead atoms. The third-order valence-corrected chi connectivity index (χ3v) is 3.26. The summed E-state index contributed by atoms with van der Waals surface area (Å²) in [7, 11) is 0. The number of alkyl halides is 6. The highest BCUT2D eigenvalue weighted by molar-refractivity contribution is 5.51. The second kappa shape index (κ2) is 7.16. The largest absolute Gasteiger partial charge is 0.482 e. The minimum atomic E-state index is -5.04. The number of benzene rings is 2. The summed E-state index contributed by atoms with van der Waals surface area (Å²) < 4.78 is 128. The topological polar surface area (TPSA) is 24.1 Å². The van der Waals surface area contributed by atoms with Crippen molar-refractivity contribution in [3.63, 3.8) is 0 Å². The van der Waals surface area contributed by atoms with Gasteiger partial charge in [-0.25, -0.2) is 17.6 Å². The Morgan fingerprint density at radius 1 is 0.556 bits per heavy atom. The SMILES string of the molecule is Fc1c(Cc2ccc(NC(F)(F)F)c(F)c2F)ccc(NC(F)(F)F)c1F. The van der Waals surface area contributed by atoms with Crippen molar-refractivity contribution in [3.8, 4) is 0 Å². The molecule has 2 aromatic rings. The van der Waals surface area contributed by atoms with Crippen LogP contribution in [0.1, 0.15) is 11.1 Å². The zero-order chi connectivity index (χ0) is 20.6. The van der Waals surface area contributed by atoms with Gasteiger partial charge < -0.3 is 0 Å². The van der Waals surface area contributed by atoms with Gasteiger partial charge in [-0.1, -0.05) is 12.1 Å². The van der Waals surface area contributed by atoms with Crippen molar-refractivity contribution >= 4 is 11.4 Å². The summed E-state index contributed by atoms with van der Waals surface area (Å²) in [4.78, 5) is 0. The predicted octanol–water partition coefficient (Wildman–Crippen LogP) is 5.70. The van der Waals surface area contributed by atoms with E-state index in [1.54, 1.807) is 0 Å². The second-order valence-electron chi connectivity index (χ2n) is 5.22. The standard InChI is InChI=1S/C15H8F10N2/c16-10-6(1-3-8(12(10)18)26-14(20,21)22)5-7-2-4-9(13(19)11(7)17)27-15(23,24)25/h1-4,26-27H,5H2. The molecule has 2 N–H and O–H groups in total. The first-order valence-corrected chi connectivity index (χ1v) is 6.92. The van der Waals surface area contributed by atoms with Crippen molar-refractivity contribution in [1.29, 1.82) is 0 Å². The van der Waals surface area contributed by atoms with Crippen LogP contribution in [0, 0.1) is 23.3 Å². The zero-order valence-corrected chi connectivity index (χ0v) is 12.8. The van der Waals surface area contributed by atoms with Gasteiger partial charge in [0.25, 0.3) is 0 Å². The quantitative estimate of drug-likeness (QED) is 0.503. The maximum atomic E-state index is 13.9. The first-order valence-electron chi connectivity index (χ1n) is 6.92. The van der Waals surface area contributed by atoms with E-state index < -0.39 is 64.8 Å². The van der Waals surface area contributed by atoms with E-state index in [9.17, 15) is 43.9 Å². The van der Waals surface area contributed by atoms with Gasteiger partial charge in [-0.15, -0.1) is 0 Å². The van der Waals surface area contributed by atoms with E-state index in [0.29, 0.717) is 24.3 Å². The Bertz CT molecular complexity index is 772. The molecule has 2 rings (SSSR count). The van der Waals surface area contributed by atoms with E-state index in [4.69, 9.17) is 0 Å². The number of nitrogens with one attached hydrogen (secondary N) is 2. The van der Waals surface area contributed by atoms with Crippen LogP contribution in [0.5, 0.6) is 0 Å². The number of hydrogen-bond acceptors (Lipinski definition) is 2. The van der Waals surface area contributed by atoms with Gasteiger partial charge in [-0.3, -0.25) is 10.6 Å². The lowest BCUT2D eigenvalue weighted by Gasteiger charge is -2.14. The lowest BCUT2D eigenvalue weighted by atomic mass is 10.0. The molecule has 0 heterocycles. The number of rotatable bonds is 4. The molecule has 0 atom stereocenters. The number of anilines is 2. The summed E-state index contributed by atoms with van der Waals surface area (Å²) in [5.41, 5.74) is -3.70. The maximum Gasteiger partial charge on any atom is 0.482 e. The molecule has 0 radical (unpaired) electrons. The zero-order valence-electron chi connectivity index (χ0n) is 12.8. The highest BCUT2D eigenvalue weighted by Gasteiger charge is 2.31. The summed E-state index contributed by atoms with van der Waals surface area (Å²) in [6, 6.07) is 2.47. The molecule has 27 heavy (non-hydrogen) atoms. The van der Waals surface area contributed by atoms with E-state index in [2.05, 4.69) is 0 Å².